The summed E-state index contributed by atoms with van der Waals surface area (Å²) in [5, 5.41) is 10.7. The third kappa shape index (κ3) is 5.39. The molecule has 1 aromatic heterocycles. The van der Waals surface area contributed by atoms with Crippen LogP contribution in [0.15, 0.2) is 65.9 Å². The van der Waals surface area contributed by atoms with Gasteiger partial charge in [-0.2, -0.15) is 5.10 Å². The molecule has 2 aromatic carbocycles. The molecule has 5 nitrogen and oxygen atoms in total. The molecule has 7 heteroatoms. The summed E-state index contributed by atoms with van der Waals surface area (Å²) in [6.07, 6.45) is 4.12. The number of halogens is 2. The molecule has 0 aliphatic rings. The number of hydrogen-bond donors (Lipinski definition) is 2. The maximum absolute atomic E-state index is 13.7. The zero-order chi connectivity index (χ0) is 19.8. The predicted molar refractivity (Wildman–Crippen MR) is 106 cm³/mol. The lowest BCUT2D eigenvalue weighted by atomic mass is 10.1. The molecule has 1 heterocycles. The van der Waals surface area contributed by atoms with Gasteiger partial charge >= 0.3 is 0 Å². The standard InChI is InChI=1S/C21H23F2N5/c1-24-21(25-11-9-16-7-8-19(22)13-20(16)23)26-14-17-5-2-3-6-18(17)15-28-12-4-10-27-28/h2-8,10,12-13H,9,11,14-15H2,1H3,(H2,24,25,26). The normalized spacial score (nSPS) is 11.5. The number of guanidine groups is 1. The van der Waals surface area contributed by atoms with Crippen molar-refractivity contribution in [3.8, 4) is 0 Å². The van der Waals surface area contributed by atoms with Crippen molar-refractivity contribution in [2.24, 2.45) is 4.99 Å². The minimum atomic E-state index is -0.569. The van der Waals surface area contributed by atoms with E-state index < -0.39 is 11.6 Å². The Morgan fingerprint density at radius 2 is 1.86 bits per heavy atom. The topological polar surface area (TPSA) is 54.2 Å². The predicted octanol–water partition coefficient (Wildman–Crippen LogP) is 3.12. The van der Waals surface area contributed by atoms with Crippen LogP contribution in [0.2, 0.25) is 0 Å². The van der Waals surface area contributed by atoms with E-state index in [-0.39, 0.29) is 0 Å². The number of benzene rings is 2. The van der Waals surface area contributed by atoms with E-state index in [0.717, 1.165) is 11.6 Å². The van der Waals surface area contributed by atoms with E-state index in [4.69, 9.17) is 0 Å². The number of nitrogens with one attached hydrogen (secondary N) is 2. The first kappa shape index (κ1) is 19.5. The molecule has 146 valence electrons. The van der Waals surface area contributed by atoms with E-state index in [1.807, 2.05) is 29.1 Å². The second-order valence-electron chi connectivity index (χ2n) is 6.31. The maximum atomic E-state index is 13.7. The van der Waals surface area contributed by atoms with E-state index in [2.05, 4.69) is 32.9 Å². The van der Waals surface area contributed by atoms with E-state index >= 15 is 0 Å². The van der Waals surface area contributed by atoms with Crippen LogP contribution in [0.4, 0.5) is 8.78 Å². The van der Waals surface area contributed by atoms with Crippen LogP contribution in [-0.2, 0) is 19.5 Å². The maximum Gasteiger partial charge on any atom is 0.191 e. The fraction of sp³-hybridized carbons (Fsp3) is 0.238. The summed E-state index contributed by atoms with van der Waals surface area (Å²) >= 11 is 0. The van der Waals surface area contributed by atoms with Gasteiger partial charge < -0.3 is 10.6 Å². The van der Waals surface area contributed by atoms with Crippen molar-refractivity contribution in [3.63, 3.8) is 0 Å². The summed E-state index contributed by atoms with van der Waals surface area (Å²) in [5.41, 5.74) is 2.78. The third-order valence-electron chi connectivity index (χ3n) is 4.38. The Kier molecular flexibility index (Phi) is 6.73. The molecule has 0 amide bonds. The fourth-order valence-electron chi connectivity index (χ4n) is 2.89. The highest BCUT2D eigenvalue weighted by Gasteiger charge is 2.06. The molecule has 3 aromatic rings. The monoisotopic (exact) mass is 383 g/mol. The molecule has 0 saturated carbocycles. The Hall–Kier alpha value is -3.22. The summed E-state index contributed by atoms with van der Waals surface area (Å²) in [6.45, 7) is 1.78. The average Bonchev–Trinajstić information content (AvgIpc) is 3.20. The van der Waals surface area contributed by atoms with Crippen molar-refractivity contribution in [1.82, 2.24) is 20.4 Å². The lowest BCUT2D eigenvalue weighted by Gasteiger charge is -2.14. The molecular formula is C21H23F2N5. The van der Waals surface area contributed by atoms with Crippen molar-refractivity contribution < 1.29 is 8.78 Å². The Balaban J connectivity index is 1.53. The molecule has 0 radical (unpaired) electrons. The van der Waals surface area contributed by atoms with Crippen LogP contribution >= 0.6 is 0 Å². The molecule has 3 rings (SSSR count). The summed E-state index contributed by atoms with van der Waals surface area (Å²) in [4.78, 5) is 4.20. The van der Waals surface area contributed by atoms with E-state index in [0.29, 0.717) is 37.6 Å². The van der Waals surface area contributed by atoms with Crippen molar-refractivity contribution in [2.45, 2.75) is 19.5 Å². The molecule has 0 bridgehead atoms. The second-order valence-corrected chi connectivity index (χ2v) is 6.31. The number of rotatable bonds is 7. The summed E-state index contributed by atoms with van der Waals surface area (Å²) in [7, 11) is 1.68. The molecule has 28 heavy (non-hydrogen) atoms. The second kappa shape index (κ2) is 9.64. The highest BCUT2D eigenvalue weighted by Crippen LogP contribution is 2.11. The van der Waals surface area contributed by atoms with Crippen molar-refractivity contribution in [2.75, 3.05) is 13.6 Å². The van der Waals surface area contributed by atoms with Crippen molar-refractivity contribution >= 4 is 5.96 Å². The van der Waals surface area contributed by atoms with Gasteiger partial charge in [-0.15, -0.1) is 0 Å². The van der Waals surface area contributed by atoms with Gasteiger partial charge in [-0.3, -0.25) is 9.67 Å². The van der Waals surface area contributed by atoms with Gasteiger partial charge in [-0.05, 0) is 35.2 Å². The zero-order valence-corrected chi connectivity index (χ0v) is 15.7. The van der Waals surface area contributed by atoms with Gasteiger partial charge in [0.25, 0.3) is 0 Å². The van der Waals surface area contributed by atoms with Gasteiger partial charge in [0.15, 0.2) is 5.96 Å². The number of aliphatic imine (C=N–C) groups is 1. The van der Waals surface area contributed by atoms with Crippen LogP contribution in [0.5, 0.6) is 0 Å². The molecule has 0 saturated heterocycles. The van der Waals surface area contributed by atoms with Crippen LogP contribution in [0, 0.1) is 11.6 Å². The Bertz CT molecular complexity index is 922. The van der Waals surface area contributed by atoms with Crippen molar-refractivity contribution in [1.29, 1.82) is 0 Å². The van der Waals surface area contributed by atoms with E-state index in [1.165, 1.54) is 17.7 Å². The molecular weight excluding hydrogens is 360 g/mol. The van der Waals surface area contributed by atoms with Crippen LogP contribution in [0.1, 0.15) is 16.7 Å². The molecule has 0 atom stereocenters. The first-order valence-electron chi connectivity index (χ1n) is 9.08. The van der Waals surface area contributed by atoms with E-state index in [1.54, 1.807) is 13.2 Å². The van der Waals surface area contributed by atoms with Crippen LogP contribution in [0.25, 0.3) is 0 Å². The van der Waals surface area contributed by atoms with Gasteiger partial charge in [0.05, 0.1) is 6.54 Å². The summed E-state index contributed by atoms with van der Waals surface area (Å²) < 4.78 is 28.6. The van der Waals surface area contributed by atoms with Gasteiger partial charge in [-0.25, -0.2) is 8.78 Å². The first-order chi connectivity index (χ1) is 13.7. The van der Waals surface area contributed by atoms with Crippen LogP contribution < -0.4 is 10.6 Å². The van der Waals surface area contributed by atoms with E-state index in [9.17, 15) is 8.78 Å². The lowest BCUT2D eigenvalue weighted by molar-refractivity contribution is 0.570. The molecule has 0 fully saturated rings. The third-order valence-corrected chi connectivity index (χ3v) is 4.38. The quantitative estimate of drug-likeness (QED) is 0.487. The molecule has 0 aliphatic heterocycles. The van der Waals surface area contributed by atoms with Crippen molar-refractivity contribution in [3.05, 3.63) is 89.2 Å². The molecule has 0 unspecified atom stereocenters. The number of aromatic nitrogens is 2. The minimum Gasteiger partial charge on any atom is -0.356 e. The Morgan fingerprint density at radius 3 is 2.57 bits per heavy atom. The van der Waals surface area contributed by atoms with Gasteiger partial charge in [0, 0.05) is 38.6 Å². The zero-order valence-electron chi connectivity index (χ0n) is 15.7. The van der Waals surface area contributed by atoms with Crippen LogP contribution in [-0.4, -0.2) is 29.3 Å². The Labute approximate surface area is 163 Å². The summed E-state index contributed by atoms with van der Waals surface area (Å²) in [6, 6.07) is 13.7. The smallest absolute Gasteiger partial charge is 0.191 e. The average molecular weight is 383 g/mol. The number of nitrogens with zero attached hydrogens (tertiary/aromatic N) is 3. The highest BCUT2D eigenvalue weighted by atomic mass is 19.1. The van der Waals surface area contributed by atoms with Gasteiger partial charge in [-0.1, -0.05) is 30.3 Å². The summed E-state index contributed by atoms with van der Waals surface area (Å²) in [5.74, 6) is -0.478. The van der Waals surface area contributed by atoms with Crippen LogP contribution in [0.3, 0.4) is 0 Å². The highest BCUT2D eigenvalue weighted by molar-refractivity contribution is 5.79. The lowest BCUT2D eigenvalue weighted by Crippen LogP contribution is -2.38. The molecule has 0 spiro atoms. The number of hydrogen-bond acceptors (Lipinski definition) is 2. The fourth-order valence-corrected chi connectivity index (χ4v) is 2.89. The van der Waals surface area contributed by atoms with Gasteiger partial charge in [0.2, 0.25) is 0 Å². The molecule has 2 N–H and O–H groups in total. The molecule has 0 aliphatic carbocycles. The Morgan fingerprint density at radius 1 is 1.04 bits per heavy atom. The SMILES string of the molecule is CN=C(NCCc1ccc(F)cc1F)NCc1ccccc1Cn1cccn1. The largest absolute Gasteiger partial charge is 0.356 e. The minimum absolute atomic E-state index is 0.433. The first-order valence-corrected chi connectivity index (χ1v) is 9.08. The van der Waals surface area contributed by atoms with Gasteiger partial charge in [0.1, 0.15) is 11.6 Å².